The Morgan fingerprint density at radius 3 is 2.89 bits per heavy atom. The third kappa shape index (κ3) is 2.28. The van der Waals surface area contributed by atoms with Crippen LogP contribution in [0.3, 0.4) is 0 Å². The van der Waals surface area contributed by atoms with Gasteiger partial charge in [0.2, 0.25) is 0 Å². The zero-order chi connectivity index (χ0) is 13.4. The van der Waals surface area contributed by atoms with Crippen molar-refractivity contribution in [3.8, 4) is 5.75 Å². The van der Waals surface area contributed by atoms with Gasteiger partial charge >= 0.3 is 0 Å². The normalized spacial score (nSPS) is 14.9. The molecule has 0 amide bonds. The standard InChI is InChI=1S/C16H16BrNO/c1-10-5-6-14(17)13(9-10)15(18)12-4-2-3-11-7-8-19-16(11)12/h2-6,9,15H,7-8,18H2,1H3. The molecule has 1 heterocycles. The maximum Gasteiger partial charge on any atom is 0.127 e. The molecule has 0 radical (unpaired) electrons. The minimum absolute atomic E-state index is 0.165. The van der Waals surface area contributed by atoms with Gasteiger partial charge in [-0.15, -0.1) is 0 Å². The van der Waals surface area contributed by atoms with E-state index in [0.29, 0.717) is 0 Å². The summed E-state index contributed by atoms with van der Waals surface area (Å²) < 4.78 is 6.79. The van der Waals surface area contributed by atoms with Crippen LogP contribution >= 0.6 is 15.9 Å². The van der Waals surface area contributed by atoms with Crippen molar-refractivity contribution in [1.29, 1.82) is 0 Å². The van der Waals surface area contributed by atoms with E-state index in [1.807, 2.05) is 0 Å². The highest BCUT2D eigenvalue weighted by atomic mass is 79.9. The van der Waals surface area contributed by atoms with Crippen LogP contribution in [0, 0.1) is 6.92 Å². The second-order valence-electron chi connectivity index (χ2n) is 4.94. The van der Waals surface area contributed by atoms with E-state index in [1.54, 1.807) is 0 Å². The Morgan fingerprint density at radius 1 is 1.21 bits per heavy atom. The summed E-state index contributed by atoms with van der Waals surface area (Å²) in [6.07, 6.45) is 0.977. The van der Waals surface area contributed by atoms with E-state index in [0.717, 1.165) is 34.4 Å². The Kier molecular flexibility index (Phi) is 3.33. The molecule has 98 valence electrons. The van der Waals surface area contributed by atoms with Crippen LogP contribution in [0.5, 0.6) is 5.75 Å². The van der Waals surface area contributed by atoms with Crippen molar-refractivity contribution < 1.29 is 4.74 Å². The summed E-state index contributed by atoms with van der Waals surface area (Å²) in [5.41, 5.74) is 11.1. The Hall–Kier alpha value is -1.32. The molecule has 1 aliphatic rings. The van der Waals surface area contributed by atoms with Gasteiger partial charge in [-0.25, -0.2) is 0 Å². The van der Waals surface area contributed by atoms with Gasteiger partial charge in [-0.3, -0.25) is 0 Å². The molecule has 19 heavy (non-hydrogen) atoms. The first-order valence-electron chi connectivity index (χ1n) is 6.43. The van der Waals surface area contributed by atoms with Crippen molar-refractivity contribution in [2.75, 3.05) is 6.61 Å². The molecule has 3 rings (SSSR count). The molecular formula is C16H16BrNO. The van der Waals surface area contributed by atoms with Crippen LogP contribution in [0.15, 0.2) is 40.9 Å². The summed E-state index contributed by atoms with van der Waals surface area (Å²) in [4.78, 5) is 0. The minimum atomic E-state index is -0.165. The number of nitrogens with two attached hydrogens (primary N) is 1. The van der Waals surface area contributed by atoms with E-state index in [1.165, 1.54) is 11.1 Å². The lowest BCUT2D eigenvalue weighted by Crippen LogP contribution is -2.13. The van der Waals surface area contributed by atoms with Crippen LogP contribution in [0.4, 0.5) is 0 Å². The molecule has 0 saturated carbocycles. The molecule has 0 aromatic heterocycles. The number of fused-ring (bicyclic) bond motifs is 1. The minimum Gasteiger partial charge on any atom is -0.493 e. The summed E-state index contributed by atoms with van der Waals surface area (Å²) in [6, 6.07) is 12.3. The highest BCUT2D eigenvalue weighted by Crippen LogP contribution is 2.37. The lowest BCUT2D eigenvalue weighted by Gasteiger charge is -2.18. The number of para-hydroxylation sites is 1. The van der Waals surface area contributed by atoms with Crippen LogP contribution in [0.25, 0.3) is 0 Å². The molecule has 1 unspecified atom stereocenters. The van der Waals surface area contributed by atoms with Gasteiger partial charge in [0.15, 0.2) is 0 Å². The van der Waals surface area contributed by atoms with Crippen LogP contribution in [0.1, 0.15) is 28.3 Å². The van der Waals surface area contributed by atoms with Gasteiger partial charge in [0.05, 0.1) is 12.6 Å². The number of aryl methyl sites for hydroxylation is 1. The Balaban J connectivity index is 2.07. The summed E-state index contributed by atoms with van der Waals surface area (Å²) in [5, 5.41) is 0. The fourth-order valence-electron chi connectivity index (χ4n) is 2.55. The molecule has 0 aliphatic carbocycles. The number of ether oxygens (including phenoxy) is 1. The average Bonchev–Trinajstić information content (AvgIpc) is 2.89. The molecule has 1 aliphatic heterocycles. The SMILES string of the molecule is Cc1ccc(Br)c(C(N)c2cccc3c2OCC3)c1. The fraction of sp³-hybridized carbons (Fsp3) is 0.250. The van der Waals surface area contributed by atoms with E-state index < -0.39 is 0 Å². The predicted octanol–water partition coefficient (Wildman–Crippen LogP) is 3.74. The third-order valence-corrected chi connectivity index (χ3v) is 4.29. The van der Waals surface area contributed by atoms with Crippen LogP contribution in [-0.2, 0) is 6.42 Å². The third-order valence-electron chi connectivity index (χ3n) is 3.57. The van der Waals surface area contributed by atoms with Crippen molar-refractivity contribution in [2.45, 2.75) is 19.4 Å². The average molecular weight is 318 g/mol. The second-order valence-corrected chi connectivity index (χ2v) is 5.79. The van der Waals surface area contributed by atoms with Crippen LogP contribution < -0.4 is 10.5 Å². The van der Waals surface area contributed by atoms with Gasteiger partial charge in [-0.2, -0.15) is 0 Å². The molecule has 2 aromatic carbocycles. The number of rotatable bonds is 2. The second kappa shape index (κ2) is 4.99. The molecule has 0 saturated heterocycles. The van der Waals surface area contributed by atoms with Crippen LogP contribution in [-0.4, -0.2) is 6.61 Å². The Labute approximate surface area is 121 Å². The molecule has 2 nitrogen and oxygen atoms in total. The number of hydrogen-bond donors (Lipinski definition) is 1. The zero-order valence-corrected chi connectivity index (χ0v) is 12.4. The number of benzene rings is 2. The number of hydrogen-bond acceptors (Lipinski definition) is 2. The molecule has 2 N–H and O–H groups in total. The highest BCUT2D eigenvalue weighted by Gasteiger charge is 2.22. The molecular weight excluding hydrogens is 302 g/mol. The zero-order valence-electron chi connectivity index (χ0n) is 10.8. The van der Waals surface area contributed by atoms with E-state index in [4.69, 9.17) is 10.5 Å². The molecule has 0 fully saturated rings. The molecule has 0 spiro atoms. The van der Waals surface area contributed by atoms with Crippen molar-refractivity contribution >= 4 is 15.9 Å². The summed E-state index contributed by atoms with van der Waals surface area (Å²) in [7, 11) is 0. The van der Waals surface area contributed by atoms with Gasteiger partial charge in [0.25, 0.3) is 0 Å². The van der Waals surface area contributed by atoms with Crippen molar-refractivity contribution in [3.05, 3.63) is 63.1 Å². The summed E-state index contributed by atoms with van der Waals surface area (Å²) >= 11 is 3.59. The van der Waals surface area contributed by atoms with Gasteiger partial charge in [-0.1, -0.05) is 51.8 Å². The van der Waals surface area contributed by atoms with Gasteiger partial charge < -0.3 is 10.5 Å². The van der Waals surface area contributed by atoms with Crippen molar-refractivity contribution in [1.82, 2.24) is 0 Å². The first-order chi connectivity index (χ1) is 9.16. The molecule has 0 bridgehead atoms. The van der Waals surface area contributed by atoms with E-state index in [2.05, 4.69) is 59.3 Å². The quantitative estimate of drug-likeness (QED) is 0.915. The van der Waals surface area contributed by atoms with Crippen molar-refractivity contribution in [3.63, 3.8) is 0 Å². The number of halogens is 1. The monoisotopic (exact) mass is 317 g/mol. The van der Waals surface area contributed by atoms with Crippen LogP contribution in [0.2, 0.25) is 0 Å². The predicted molar refractivity (Wildman–Crippen MR) is 80.6 cm³/mol. The van der Waals surface area contributed by atoms with Gasteiger partial charge in [-0.05, 0) is 24.1 Å². The lowest BCUT2D eigenvalue weighted by atomic mass is 9.95. The molecule has 2 aromatic rings. The molecule has 3 heteroatoms. The molecule has 1 atom stereocenters. The Bertz CT molecular complexity index is 624. The van der Waals surface area contributed by atoms with E-state index in [9.17, 15) is 0 Å². The smallest absolute Gasteiger partial charge is 0.127 e. The van der Waals surface area contributed by atoms with Crippen molar-refractivity contribution in [2.24, 2.45) is 5.73 Å². The summed E-state index contributed by atoms with van der Waals surface area (Å²) in [5.74, 6) is 0.975. The lowest BCUT2D eigenvalue weighted by molar-refractivity contribution is 0.352. The fourth-order valence-corrected chi connectivity index (χ4v) is 3.05. The highest BCUT2D eigenvalue weighted by molar-refractivity contribution is 9.10. The maximum absolute atomic E-state index is 6.45. The van der Waals surface area contributed by atoms with Gasteiger partial charge in [0, 0.05) is 16.5 Å². The summed E-state index contributed by atoms with van der Waals surface area (Å²) in [6.45, 7) is 2.84. The first-order valence-corrected chi connectivity index (χ1v) is 7.22. The topological polar surface area (TPSA) is 35.2 Å². The first kappa shape index (κ1) is 12.7. The Morgan fingerprint density at radius 2 is 2.05 bits per heavy atom. The van der Waals surface area contributed by atoms with E-state index in [-0.39, 0.29) is 6.04 Å². The van der Waals surface area contributed by atoms with Gasteiger partial charge in [0.1, 0.15) is 5.75 Å². The largest absolute Gasteiger partial charge is 0.493 e. The van der Waals surface area contributed by atoms with E-state index >= 15 is 0 Å². The maximum atomic E-state index is 6.45.